The molecule has 8 atom stereocenters. The van der Waals surface area contributed by atoms with E-state index in [4.69, 9.17) is 0 Å². The molecule has 6 aliphatic rings. The lowest BCUT2D eigenvalue weighted by atomic mass is 9.56. The number of rotatable bonds is 0. The van der Waals surface area contributed by atoms with Gasteiger partial charge in [-0.3, -0.25) is 0 Å². The summed E-state index contributed by atoms with van der Waals surface area (Å²) < 4.78 is 0. The van der Waals surface area contributed by atoms with Gasteiger partial charge in [0.1, 0.15) is 0 Å². The van der Waals surface area contributed by atoms with Crippen molar-refractivity contribution < 1.29 is 0 Å². The van der Waals surface area contributed by atoms with Crippen molar-refractivity contribution in [1.82, 2.24) is 0 Å². The van der Waals surface area contributed by atoms with E-state index in [1.807, 2.05) is 55.4 Å². The molecule has 0 bridgehead atoms. The lowest BCUT2D eigenvalue weighted by Crippen LogP contribution is -2.40. The fourth-order valence-electron chi connectivity index (χ4n) is 10.7. The molecular weight excluding hydrogens is 829 g/mol. The molecule has 69 heavy (non-hydrogen) atoms. The normalized spacial score (nSPS) is 30.4. The molecule has 0 nitrogen and oxygen atoms in total. The molecule has 0 radical (unpaired) electrons. The van der Waals surface area contributed by atoms with E-state index in [0.29, 0.717) is 43.3 Å². The van der Waals surface area contributed by atoms with Crippen LogP contribution >= 0.6 is 0 Å². The van der Waals surface area contributed by atoms with E-state index in [-0.39, 0.29) is 0 Å². The molecule has 0 amide bonds. The van der Waals surface area contributed by atoms with Crippen molar-refractivity contribution in [3.63, 3.8) is 0 Å². The minimum absolute atomic E-state index is 0.518. The van der Waals surface area contributed by atoms with Crippen molar-refractivity contribution in [2.75, 3.05) is 0 Å². The Balaban J connectivity index is -0.000000366. The van der Waals surface area contributed by atoms with Gasteiger partial charge in [-0.15, -0.1) is 0 Å². The zero-order valence-electron chi connectivity index (χ0n) is 56.1. The molecule has 0 aromatic rings. The Morgan fingerprint density at radius 3 is 0.507 bits per heavy atom. The summed E-state index contributed by atoms with van der Waals surface area (Å²) in [5.74, 6) is 11.9. The lowest BCUT2D eigenvalue weighted by molar-refractivity contribution is 0.0110. The first-order chi connectivity index (χ1) is 31.0. The highest BCUT2D eigenvalue weighted by Gasteiger charge is 2.50. The van der Waals surface area contributed by atoms with Crippen LogP contribution in [-0.4, -0.2) is 0 Å². The molecule has 6 aliphatic carbocycles. The quantitative estimate of drug-likeness (QED) is 0.227. The fraction of sp³-hybridized carbons (Fsp3) is 1.00. The molecule has 6 rings (SSSR count). The molecule has 0 saturated heterocycles. The molecule has 0 aromatic heterocycles. The van der Waals surface area contributed by atoms with Crippen molar-refractivity contribution in [2.45, 2.75) is 333 Å². The van der Waals surface area contributed by atoms with Gasteiger partial charge in [-0.2, -0.15) is 0 Å². The maximum Gasteiger partial charge on any atom is -0.0329 e. The predicted octanol–water partition coefficient (Wildman–Crippen LogP) is 25.0. The summed E-state index contributed by atoms with van der Waals surface area (Å²) in [6.45, 7) is 82.4. The minimum atomic E-state index is 0.518. The van der Waals surface area contributed by atoms with Gasteiger partial charge in [-0.05, 0) is 191 Å². The van der Waals surface area contributed by atoms with Crippen molar-refractivity contribution in [2.24, 2.45) is 114 Å². The molecular formula is C69H146. The van der Waals surface area contributed by atoms with Gasteiger partial charge in [0.15, 0.2) is 0 Å². The highest BCUT2D eigenvalue weighted by molar-refractivity contribution is 4.99. The first-order valence-electron chi connectivity index (χ1n) is 31.0. The zero-order valence-corrected chi connectivity index (χ0v) is 56.1. The topological polar surface area (TPSA) is 0 Å². The third kappa shape index (κ3) is 33.5. The first-order valence-corrected chi connectivity index (χ1v) is 31.0. The van der Waals surface area contributed by atoms with Crippen molar-refractivity contribution in [3.8, 4) is 0 Å². The van der Waals surface area contributed by atoms with Gasteiger partial charge in [0.05, 0.1) is 0 Å². The van der Waals surface area contributed by atoms with Crippen molar-refractivity contribution in [3.05, 3.63) is 0 Å². The molecule has 0 heteroatoms. The molecule has 0 N–H and O–H groups in total. The smallest absolute Gasteiger partial charge is 0.0329 e. The first kappa shape index (κ1) is 75.5. The Labute approximate surface area is 445 Å². The van der Waals surface area contributed by atoms with E-state index in [1.54, 1.807) is 0 Å². The number of hydrogen-bond acceptors (Lipinski definition) is 0. The monoisotopic (exact) mass is 975 g/mol. The van der Waals surface area contributed by atoms with Crippen LogP contribution in [0.5, 0.6) is 0 Å². The van der Waals surface area contributed by atoms with E-state index in [9.17, 15) is 0 Å². The Kier molecular flexibility index (Phi) is 35.5. The van der Waals surface area contributed by atoms with Crippen molar-refractivity contribution in [1.29, 1.82) is 0 Å². The van der Waals surface area contributed by atoms with Gasteiger partial charge >= 0.3 is 0 Å². The van der Waals surface area contributed by atoms with Gasteiger partial charge in [-0.1, -0.05) is 256 Å². The molecule has 0 heterocycles. The second kappa shape index (κ2) is 32.4. The van der Waals surface area contributed by atoms with Crippen LogP contribution in [0.3, 0.4) is 0 Å². The standard InChI is InChI=1S/2C14H28.C12H24.C11H22.2C5H10.4C2H6/c1-13(2,3)11-7-9-12(10-8-11)14(4,5)6;1-13(2,3)11-8-7-9-12(10-11)14(4,5)6;1-11(2,3)9-7-10(8-9)12(4,5)6;1-10(2,3)8-7-9(8)11(4,5)6;2*1-4-3-5(4)2;4*1-2/h2*11-12H,7-10H2,1-6H3;9-10H,7-8H2,1-6H3;8-9H,7H2,1-6H3;2*4-5H,3H2,1-2H3;4*1-2H3/t;;;;4-,5+;4-,5-;;;;/m.....0..../s1. The Morgan fingerprint density at radius 1 is 0.203 bits per heavy atom. The van der Waals surface area contributed by atoms with Crippen LogP contribution in [0.2, 0.25) is 0 Å². The summed E-state index contributed by atoms with van der Waals surface area (Å²) >= 11 is 0. The zero-order chi connectivity index (χ0) is 56.1. The van der Waals surface area contributed by atoms with Crippen LogP contribution < -0.4 is 0 Å². The van der Waals surface area contributed by atoms with Crippen LogP contribution in [0.1, 0.15) is 333 Å². The van der Waals surface area contributed by atoms with Gasteiger partial charge in [-0.25, -0.2) is 0 Å². The minimum Gasteiger partial charge on any atom is -0.0683 e. The highest BCUT2D eigenvalue weighted by Crippen LogP contribution is 2.58. The largest absolute Gasteiger partial charge is 0.0683 e. The maximum atomic E-state index is 2.41. The second-order valence-corrected chi connectivity index (χ2v) is 31.7. The molecule has 0 spiro atoms. The predicted molar refractivity (Wildman–Crippen MR) is 326 cm³/mol. The Hall–Kier alpha value is 0. The average molecular weight is 976 g/mol. The van der Waals surface area contributed by atoms with Crippen LogP contribution in [0.15, 0.2) is 0 Å². The summed E-state index contributed by atoms with van der Waals surface area (Å²) in [6, 6.07) is 0. The van der Waals surface area contributed by atoms with Gasteiger partial charge in [0.2, 0.25) is 0 Å². The van der Waals surface area contributed by atoms with Crippen LogP contribution in [0.25, 0.3) is 0 Å². The summed E-state index contributed by atoms with van der Waals surface area (Å²) in [4.78, 5) is 0. The van der Waals surface area contributed by atoms with Gasteiger partial charge in [0, 0.05) is 0 Å². The SMILES string of the molecule is CC.CC.CC.CC.CC(C)(C)C1CC(C(C)(C)C)C1.CC(C)(C)C1CC1C(C)(C)C.CC(C)(C)C1CCC(C(C)(C)C)CC1.CC(C)(C)C1CCCC(C(C)(C)C)C1.C[C@@H]1C[C@@H]1C.C[C@H]1C[C@@H]1C. The summed E-state index contributed by atoms with van der Waals surface area (Å²) in [5.41, 5.74) is 4.26. The van der Waals surface area contributed by atoms with Crippen LogP contribution in [-0.2, 0) is 0 Å². The van der Waals surface area contributed by atoms with Gasteiger partial charge < -0.3 is 0 Å². The van der Waals surface area contributed by atoms with E-state index in [0.717, 1.165) is 71.0 Å². The Bertz CT molecular complexity index is 1090. The average Bonchev–Trinajstić information content (AvgIpc) is 4.14. The third-order valence-corrected chi connectivity index (χ3v) is 17.9. The lowest BCUT2D eigenvalue weighted by Gasteiger charge is -2.49. The Morgan fingerprint density at radius 2 is 0.377 bits per heavy atom. The molecule has 0 aromatic carbocycles. The van der Waals surface area contributed by atoms with E-state index in [2.05, 4.69) is 194 Å². The maximum absolute atomic E-state index is 2.41. The van der Waals surface area contributed by atoms with E-state index < -0.39 is 0 Å². The third-order valence-electron chi connectivity index (χ3n) is 17.9. The molecule has 6 saturated carbocycles. The highest BCUT2D eigenvalue weighted by atomic mass is 14.6. The molecule has 0 aliphatic heterocycles. The van der Waals surface area contributed by atoms with Crippen molar-refractivity contribution >= 4 is 0 Å². The van der Waals surface area contributed by atoms with Gasteiger partial charge in [0.25, 0.3) is 0 Å². The molecule has 422 valence electrons. The van der Waals surface area contributed by atoms with E-state index in [1.165, 1.54) is 83.5 Å². The molecule has 6 fully saturated rings. The summed E-state index contributed by atoms with van der Waals surface area (Å²) in [7, 11) is 0. The summed E-state index contributed by atoms with van der Waals surface area (Å²) in [6.07, 6.45) is 18.9. The van der Waals surface area contributed by atoms with Crippen LogP contribution in [0.4, 0.5) is 0 Å². The van der Waals surface area contributed by atoms with Crippen LogP contribution in [0, 0.1) is 114 Å². The molecule has 4 unspecified atom stereocenters. The number of hydrogen-bond donors (Lipinski definition) is 0. The fourth-order valence-corrected chi connectivity index (χ4v) is 10.7. The summed E-state index contributed by atoms with van der Waals surface area (Å²) in [5, 5.41) is 0. The van der Waals surface area contributed by atoms with E-state index >= 15 is 0 Å². The second-order valence-electron chi connectivity index (χ2n) is 31.7.